The number of nitrogens with two attached hydrogens (primary N) is 1. The van der Waals surface area contributed by atoms with E-state index >= 15 is 0 Å². The Bertz CT molecular complexity index is 963. The van der Waals surface area contributed by atoms with Gasteiger partial charge in [0.05, 0.1) is 18.0 Å². The lowest BCUT2D eigenvalue weighted by Crippen LogP contribution is -2.16. The summed E-state index contributed by atoms with van der Waals surface area (Å²) in [7, 11) is 0. The minimum absolute atomic E-state index is 0.238. The molecule has 0 bridgehead atoms. The largest absolute Gasteiger partial charge is 0.461 e. The molecule has 1 aliphatic carbocycles. The quantitative estimate of drug-likeness (QED) is 0.733. The second-order valence-electron chi connectivity index (χ2n) is 6.30. The lowest BCUT2D eigenvalue weighted by Gasteiger charge is -2.19. The number of nitrogens with zero attached hydrogens (tertiary/aromatic N) is 3. The van der Waals surface area contributed by atoms with Gasteiger partial charge in [-0.3, -0.25) is 0 Å². The summed E-state index contributed by atoms with van der Waals surface area (Å²) in [6, 6.07) is 12.0. The first-order valence-corrected chi connectivity index (χ1v) is 8.72. The number of aromatic nitrogens is 3. The molecule has 6 nitrogen and oxygen atoms in total. The van der Waals surface area contributed by atoms with Crippen molar-refractivity contribution in [1.29, 1.82) is 0 Å². The molecule has 0 atom stereocenters. The topological polar surface area (TPSA) is 83.0 Å². The summed E-state index contributed by atoms with van der Waals surface area (Å²) in [6.45, 7) is 2.71. The van der Waals surface area contributed by atoms with Crippen molar-refractivity contribution in [2.45, 2.75) is 26.3 Å². The molecular formula is C20H20N4O2. The molecule has 0 amide bonds. The van der Waals surface area contributed by atoms with Crippen LogP contribution in [-0.4, -0.2) is 27.1 Å². The predicted molar refractivity (Wildman–Crippen MR) is 98.8 cm³/mol. The van der Waals surface area contributed by atoms with Gasteiger partial charge in [0.2, 0.25) is 5.95 Å². The van der Waals surface area contributed by atoms with Crippen LogP contribution in [0, 0.1) is 0 Å². The molecule has 3 aromatic rings. The number of hydrogen-bond acceptors (Lipinski definition) is 5. The Morgan fingerprint density at radius 3 is 2.77 bits per heavy atom. The lowest BCUT2D eigenvalue weighted by molar-refractivity contribution is 0.0514. The van der Waals surface area contributed by atoms with E-state index in [4.69, 9.17) is 10.5 Å². The summed E-state index contributed by atoms with van der Waals surface area (Å²) < 4.78 is 7.27. The van der Waals surface area contributed by atoms with Crippen LogP contribution in [-0.2, 0) is 24.1 Å². The van der Waals surface area contributed by atoms with Crippen molar-refractivity contribution in [3.63, 3.8) is 0 Å². The Balaban J connectivity index is 1.89. The van der Waals surface area contributed by atoms with Gasteiger partial charge in [0.25, 0.3) is 0 Å². The molecule has 1 aliphatic rings. The van der Waals surface area contributed by atoms with Gasteiger partial charge in [-0.05, 0) is 42.5 Å². The Hall–Kier alpha value is -3.15. The van der Waals surface area contributed by atoms with Gasteiger partial charge < -0.3 is 15.0 Å². The van der Waals surface area contributed by atoms with Crippen molar-refractivity contribution in [2.75, 3.05) is 12.3 Å². The Morgan fingerprint density at radius 1 is 1.23 bits per heavy atom. The molecule has 26 heavy (non-hydrogen) atoms. The van der Waals surface area contributed by atoms with Gasteiger partial charge in [0.15, 0.2) is 0 Å². The minimum atomic E-state index is -0.318. The number of benzene rings is 1. The number of esters is 1. The Labute approximate surface area is 151 Å². The van der Waals surface area contributed by atoms with E-state index in [-0.39, 0.29) is 11.9 Å². The molecule has 0 saturated heterocycles. The van der Waals surface area contributed by atoms with Crippen molar-refractivity contribution in [3.8, 4) is 11.4 Å². The highest BCUT2D eigenvalue weighted by Gasteiger charge is 2.27. The number of nitrogen functional groups attached to an aromatic ring is 1. The fourth-order valence-electron chi connectivity index (χ4n) is 3.46. The predicted octanol–water partition coefficient (Wildman–Crippen LogP) is 2.85. The normalized spacial score (nSPS) is 12.3. The summed E-state index contributed by atoms with van der Waals surface area (Å²) in [5.74, 6) is -0.0804. The van der Waals surface area contributed by atoms with Crippen LogP contribution >= 0.6 is 0 Å². The average Bonchev–Trinajstić information content (AvgIpc) is 3.02. The number of carbonyl (C=O) groups excluding carboxylic acids is 1. The van der Waals surface area contributed by atoms with E-state index in [1.165, 1.54) is 0 Å². The third kappa shape index (κ3) is 2.83. The minimum Gasteiger partial charge on any atom is -0.461 e. The molecule has 0 radical (unpaired) electrons. The average molecular weight is 348 g/mol. The van der Waals surface area contributed by atoms with E-state index in [1.54, 1.807) is 6.20 Å². The van der Waals surface area contributed by atoms with E-state index in [2.05, 4.69) is 9.97 Å². The van der Waals surface area contributed by atoms with Crippen molar-refractivity contribution in [3.05, 3.63) is 65.0 Å². The molecule has 0 aliphatic heterocycles. The van der Waals surface area contributed by atoms with Gasteiger partial charge in [-0.2, -0.15) is 0 Å². The van der Waals surface area contributed by atoms with Crippen LogP contribution in [0.4, 0.5) is 5.95 Å². The summed E-state index contributed by atoms with van der Waals surface area (Å²) in [5, 5.41) is 0. The highest BCUT2D eigenvalue weighted by molar-refractivity contribution is 5.90. The Morgan fingerprint density at radius 2 is 2.00 bits per heavy atom. The first kappa shape index (κ1) is 16.3. The number of fused-ring (bicyclic) bond motifs is 3. The van der Waals surface area contributed by atoms with Crippen LogP contribution in [0.25, 0.3) is 11.4 Å². The maximum Gasteiger partial charge on any atom is 0.354 e. The highest BCUT2D eigenvalue weighted by Crippen LogP contribution is 2.35. The van der Waals surface area contributed by atoms with E-state index in [0.29, 0.717) is 18.8 Å². The SMILES string of the molecule is CCOC(=O)c1cc2c(n1Cc1ccccc1)-c1nc(N)ncc1CC2. The molecular weight excluding hydrogens is 328 g/mol. The number of rotatable bonds is 4. The molecule has 0 unspecified atom stereocenters. The van der Waals surface area contributed by atoms with Crippen LogP contribution in [0.1, 0.15) is 34.1 Å². The van der Waals surface area contributed by atoms with E-state index < -0.39 is 0 Å². The molecule has 0 fully saturated rings. The molecule has 1 aromatic carbocycles. The third-order valence-corrected chi connectivity index (χ3v) is 4.62. The second kappa shape index (κ2) is 6.63. The van der Waals surface area contributed by atoms with Crippen molar-refractivity contribution >= 4 is 11.9 Å². The monoisotopic (exact) mass is 348 g/mol. The Kier molecular flexibility index (Phi) is 4.16. The molecule has 2 heterocycles. The smallest absolute Gasteiger partial charge is 0.354 e. The van der Waals surface area contributed by atoms with Crippen molar-refractivity contribution < 1.29 is 9.53 Å². The van der Waals surface area contributed by atoms with Gasteiger partial charge in [-0.15, -0.1) is 0 Å². The number of ether oxygens (including phenoxy) is 1. The van der Waals surface area contributed by atoms with E-state index in [9.17, 15) is 4.79 Å². The van der Waals surface area contributed by atoms with Crippen LogP contribution in [0.2, 0.25) is 0 Å². The van der Waals surface area contributed by atoms with Gasteiger partial charge in [0, 0.05) is 12.7 Å². The van der Waals surface area contributed by atoms with Crippen LogP contribution in [0.5, 0.6) is 0 Å². The number of anilines is 1. The maximum absolute atomic E-state index is 12.6. The van der Waals surface area contributed by atoms with Crippen molar-refractivity contribution in [2.24, 2.45) is 0 Å². The van der Waals surface area contributed by atoms with Gasteiger partial charge in [-0.1, -0.05) is 30.3 Å². The zero-order valence-corrected chi connectivity index (χ0v) is 14.6. The zero-order valence-electron chi connectivity index (χ0n) is 14.6. The maximum atomic E-state index is 12.6. The number of carbonyl (C=O) groups is 1. The molecule has 0 spiro atoms. The summed E-state index contributed by atoms with van der Waals surface area (Å²) in [6.07, 6.45) is 3.45. The highest BCUT2D eigenvalue weighted by atomic mass is 16.5. The van der Waals surface area contributed by atoms with Crippen LogP contribution in [0.15, 0.2) is 42.6 Å². The van der Waals surface area contributed by atoms with Crippen LogP contribution in [0.3, 0.4) is 0 Å². The second-order valence-corrected chi connectivity index (χ2v) is 6.30. The first-order chi connectivity index (χ1) is 12.7. The van der Waals surface area contributed by atoms with E-state index in [0.717, 1.165) is 40.9 Å². The third-order valence-electron chi connectivity index (χ3n) is 4.62. The van der Waals surface area contributed by atoms with Crippen molar-refractivity contribution in [1.82, 2.24) is 14.5 Å². The van der Waals surface area contributed by atoms with E-state index in [1.807, 2.05) is 47.9 Å². The standard InChI is InChI=1S/C20H20N4O2/c1-2-26-19(25)16-10-14-8-9-15-11-22-20(21)23-17(15)18(14)24(16)12-13-6-4-3-5-7-13/h3-7,10-11H,2,8-9,12H2,1H3,(H2,21,22,23). The molecule has 132 valence electrons. The number of aryl methyl sites for hydroxylation is 2. The summed E-state index contributed by atoms with van der Waals surface area (Å²) in [4.78, 5) is 21.1. The van der Waals surface area contributed by atoms with Gasteiger partial charge in [-0.25, -0.2) is 14.8 Å². The van der Waals surface area contributed by atoms with Gasteiger partial charge >= 0.3 is 5.97 Å². The summed E-state index contributed by atoms with van der Waals surface area (Å²) >= 11 is 0. The molecule has 4 rings (SSSR count). The fraction of sp³-hybridized carbons (Fsp3) is 0.250. The molecule has 6 heteroatoms. The molecule has 0 saturated carbocycles. The molecule has 2 aromatic heterocycles. The molecule has 2 N–H and O–H groups in total. The number of hydrogen-bond donors (Lipinski definition) is 1. The lowest BCUT2D eigenvalue weighted by atomic mass is 9.95. The summed E-state index contributed by atoms with van der Waals surface area (Å²) in [5.41, 5.74) is 11.4. The zero-order chi connectivity index (χ0) is 18.1. The van der Waals surface area contributed by atoms with Crippen LogP contribution < -0.4 is 5.73 Å². The fourth-order valence-corrected chi connectivity index (χ4v) is 3.46. The van der Waals surface area contributed by atoms with Gasteiger partial charge in [0.1, 0.15) is 5.69 Å². The first-order valence-electron chi connectivity index (χ1n) is 8.72.